The molecule has 3 N–H and O–H groups in total. The van der Waals surface area contributed by atoms with E-state index in [-0.39, 0.29) is 0 Å². The molecular formula is C8H10FN3O6S2. The number of nitrogens with zero attached hydrogens (tertiary/aromatic N) is 1. The van der Waals surface area contributed by atoms with Crippen molar-refractivity contribution in [3.05, 3.63) is 34.1 Å². The van der Waals surface area contributed by atoms with Crippen molar-refractivity contribution in [2.45, 2.75) is 4.90 Å². The van der Waals surface area contributed by atoms with Crippen LogP contribution in [0.25, 0.3) is 0 Å². The number of sulfonamides is 2. The molecule has 0 aliphatic heterocycles. The molecule has 0 saturated carbocycles. The van der Waals surface area contributed by atoms with Crippen LogP contribution in [0.3, 0.4) is 0 Å². The van der Waals surface area contributed by atoms with Gasteiger partial charge in [0.2, 0.25) is 20.0 Å². The predicted octanol–water partition coefficient (Wildman–Crippen LogP) is -0.699. The van der Waals surface area contributed by atoms with Gasteiger partial charge in [0.15, 0.2) is 0 Å². The van der Waals surface area contributed by atoms with Gasteiger partial charge in [-0.15, -0.1) is 0 Å². The Morgan fingerprint density at radius 3 is 2.35 bits per heavy atom. The van der Waals surface area contributed by atoms with Crippen molar-refractivity contribution in [1.29, 1.82) is 0 Å². The zero-order valence-corrected chi connectivity index (χ0v) is 11.4. The van der Waals surface area contributed by atoms with Crippen molar-refractivity contribution in [2.24, 2.45) is 5.14 Å². The van der Waals surface area contributed by atoms with Gasteiger partial charge in [0.25, 0.3) is 5.69 Å². The Kier molecular flexibility index (Phi) is 4.75. The number of hydrogen-bond acceptors (Lipinski definition) is 6. The Bertz CT molecular complexity index is 731. The van der Waals surface area contributed by atoms with E-state index in [1.165, 1.54) is 0 Å². The minimum atomic E-state index is -4.32. The van der Waals surface area contributed by atoms with Crippen LogP contribution < -0.4 is 9.86 Å². The second-order valence-corrected chi connectivity index (χ2v) is 7.11. The molecule has 0 bridgehead atoms. The van der Waals surface area contributed by atoms with Crippen LogP contribution in [0.15, 0.2) is 23.1 Å². The van der Waals surface area contributed by atoms with Crippen LogP contribution in [0, 0.1) is 15.9 Å². The molecule has 1 aromatic rings. The highest BCUT2D eigenvalue weighted by Crippen LogP contribution is 2.20. The summed E-state index contributed by atoms with van der Waals surface area (Å²) in [5.74, 6) is -1.98. The fourth-order valence-electron chi connectivity index (χ4n) is 1.22. The van der Waals surface area contributed by atoms with E-state index in [0.717, 1.165) is 6.07 Å². The Morgan fingerprint density at radius 1 is 1.30 bits per heavy atom. The van der Waals surface area contributed by atoms with Gasteiger partial charge in [-0.05, 0) is 6.07 Å². The highest BCUT2D eigenvalue weighted by molar-refractivity contribution is 7.90. The predicted molar refractivity (Wildman–Crippen MR) is 66.2 cm³/mol. The lowest BCUT2D eigenvalue weighted by Gasteiger charge is -2.06. The van der Waals surface area contributed by atoms with Crippen molar-refractivity contribution in [3.8, 4) is 0 Å². The van der Waals surface area contributed by atoms with Gasteiger partial charge in [-0.1, -0.05) is 0 Å². The minimum absolute atomic E-state index is 0.453. The molecule has 0 fully saturated rings. The molecule has 0 aromatic heterocycles. The molecule has 1 aromatic carbocycles. The number of nitrogens with two attached hydrogens (primary N) is 1. The highest BCUT2D eigenvalue weighted by atomic mass is 32.2. The van der Waals surface area contributed by atoms with Gasteiger partial charge >= 0.3 is 0 Å². The average Bonchev–Trinajstić information content (AvgIpc) is 2.26. The third-order valence-electron chi connectivity index (χ3n) is 2.09. The summed E-state index contributed by atoms with van der Waals surface area (Å²) < 4.78 is 59.9. The maximum atomic E-state index is 13.5. The number of halogens is 1. The zero-order chi connectivity index (χ0) is 15.6. The standard InChI is InChI=1S/C8H10FN3O6S2/c9-7-5-6(12(13)14)1-2-8(7)20(17,18)11-3-4-19(10,15)16/h1-2,5,11H,3-4H2,(H2,10,15,16). The Balaban J connectivity index is 2.96. The van der Waals surface area contributed by atoms with Gasteiger partial charge in [0.1, 0.15) is 10.7 Å². The highest BCUT2D eigenvalue weighted by Gasteiger charge is 2.21. The molecule has 0 atom stereocenters. The summed E-state index contributed by atoms with van der Waals surface area (Å²) in [7, 11) is -8.19. The molecule has 0 spiro atoms. The lowest BCUT2D eigenvalue weighted by Crippen LogP contribution is -2.32. The van der Waals surface area contributed by atoms with Crippen molar-refractivity contribution in [1.82, 2.24) is 4.72 Å². The van der Waals surface area contributed by atoms with E-state index >= 15 is 0 Å². The number of nitrogens with one attached hydrogen (secondary N) is 1. The molecule has 0 aliphatic rings. The van der Waals surface area contributed by atoms with E-state index < -0.39 is 53.7 Å². The fourth-order valence-corrected chi connectivity index (χ4v) is 2.82. The van der Waals surface area contributed by atoms with Gasteiger partial charge in [-0.2, -0.15) is 0 Å². The average molecular weight is 327 g/mol. The summed E-state index contributed by atoms with van der Waals surface area (Å²) in [4.78, 5) is 8.69. The van der Waals surface area contributed by atoms with Crippen LogP contribution >= 0.6 is 0 Å². The number of non-ortho nitro benzene ring substituents is 1. The molecule has 112 valence electrons. The largest absolute Gasteiger partial charge is 0.272 e. The molecule has 0 saturated heterocycles. The fraction of sp³-hybridized carbons (Fsp3) is 0.250. The van der Waals surface area contributed by atoms with Crippen LogP contribution in [-0.2, 0) is 20.0 Å². The minimum Gasteiger partial charge on any atom is -0.258 e. The smallest absolute Gasteiger partial charge is 0.258 e. The normalized spacial score (nSPS) is 12.3. The maximum absolute atomic E-state index is 13.5. The lowest BCUT2D eigenvalue weighted by molar-refractivity contribution is -0.385. The van der Waals surface area contributed by atoms with E-state index in [9.17, 15) is 31.3 Å². The van der Waals surface area contributed by atoms with E-state index in [1.54, 1.807) is 0 Å². The van der Waals surface area contributed by atoms with E-state index in [2.05, 4.69) is 5.14 Å². The maximum Gasteiger partial charge on any atom is 0.272 e. The third kappa shape index (κ3) is 4.48. The number of rotatable bonds is 6. The molecule has 0 unspecified atom stereocenters. The molecule has 12 heteroatoms. The topological polar surface area (TPSA) is 149 Å². The molecule has 0 radical (unpaired) electrons. The number of benzene rings is 1. The Morgan fingerprint density at radius 2 is 1.90 bits per heavy atom. The molecule has 0 aliphatic carbocycles. The molecule has 1 rings (SSSR count). The second-order valence-electron chi connectivity index (χ2n) is 3.64. The summed E-state index contributed by atoms with van der Waals surface area (Å²) in [6.07, 6.45) is 0. The van der Waals surface area contributed by atoms with Gasteiger partial charge < -0.3 is 0 Å². The van der Waals surface area contributed by atoms with Crippen LogP contribution in [0.5, 0.6) is 0 Å². The molecule has 20 heavy (non-hydrogen) atoms. The Hall–Kier alpha value is -1.63. The van der Waals surface area contributed by atoms with E-state index in [4.69, 9.17) is 0 Å². The number of primary sulfonamides is 1. The number of nitro benzene ring substituents is 1. The van der Waals surface area contributed by atoms with Gasteiger partial charge in [-0.25, -0.2) is 31.1 Å². The first kappa shape index (κ1) is 16.4. The van der Waals surface area contributed by atoms with Crippen molar-refractivity contribution >= 4 is 25.7 Å². The summed E-state index contributed by atoms with van der Waals surface area (Å²) in [6, 6.07) is 1.98. The first-order valence-electron chi connectivity index (χ1n) is 4.97. The quantitative estimate of drug-likeness (QED) is 0.521. The summed E-state index contributed by atoms with van der Waals surface area (Å²) in [6.45, 7) is -0.544. The second kappa shape index (κ2) is 5.78. The van der Waals surface area contributed by atoms with Gasteiger partial charge in [0.05, 0.1) is 16.7 Å². The van der Waals surface area contributed by atoms with E-state index in [0.29, 0.717) is 12.1 Å². The van der Waals surface area contributed by atoms with E-state index in [1.807, 2.05) is 4.72 Å². The lowest BCUT2D eigenvalue weighted by atomic mass is 10.3. The van der Waals surface area contributed by atoms with Crippen molar-refractivity contribution in [2.75, 3.05) is 12.3 Å². The first-order chi connectivity index (χ1) is 9.03. The van der Waals surface area contributed by atoms with Gasteiger partial charge in [0, 0.05) is 12.6 Å². The molecular weight excluding hydrogens is 317 g/mol. The number of hydrogen-bond donors (Lipinski definition) is 2. The van der Waals surface area contributed by atoms with Crippen LogP contribution in [0.2, 0.25) is 0 Å². The summed E-state index contributed by atoms with van der Waals surface area (Å²) in [5, 5.41) is 15.1. The SMILES string of the molecule is NS(=O)(=O)CCNS(=O)(=O)c1ccc([N+](=O)[O-])cc1F. The van der Waals surface area contributed by atoms with Crippen LogP contribution in [0.1, 0.15) is 0 Å². The van der Waals surface area contributed by atoms with Crippen LogP contribution in [-0.4, -0.2) is 34.1 Å². The Labute approximate surface area is 113 Å². The molecule has 0 amide bonds. The molecule has 9 nitrogen and oxygen atoms in total. The zero-order valence-electron chi connectivity index (χ0n) is 9.81. The monoisotopic (exact) mass is 327 g/mol. The molecule has 0 heterocycles. The first-order valence-corrected chi connectivity index (χ1v) is 8.17. The van der Waals surface area contributed by atoms with Gasteiger partial charge in [-0.3, -0.25) is 10.1 Å². The third-order valence-corrected chi connectivity index (χ3v) is 4.36. The summed E-state index contributed by atoms with van der Waals surface area (Å²) >= 11 is 0. The van der Waals surface area contributed by atoms with Crippen molar-refractivity contribution in [3.63, 3.8) is 0 Å². The van der Waals surface area contributed by atoms with Crippen molar-refractivity contribution < 1.29 is 26.1 Å². The number of nitro groups is 1. The van der Waals surface area contributed by atoms with Crippen LogP contribution in [0.4, 0.5) is 10.1 Å². The summed E-state index contributed by atoms with van der Waals surface area (Å²) in [5.41, 5.74) is -0.606.